The first kappa shape index (κ1) is 12.6. The molecule has 2 heterocycles. The largest absolute Gasteiger partial charge is 0.477 e. The molecule has 1 aliphatic rings. The van der Waals surface area contributed by atoms with E-state index in [9.17, 15) is 14.4 Å². The van der Waals surface area contributed by atoms with Gasteiger partial charge in [0, 0.05) is 25.0 Å². The van der Waals surface area contributed by atoms with Gasteiger partial charge in [0.1, 0.15) is 4.88 Å². The monoisotopic (exact) mass is 268 g/mol. The van der Waals surface area contributed by atoms with Crippen LogP contribution in [0.2, 0.25) is 0 Å². The zero-order valence-corrected chi connectivity index (χ0v) is 10.6. The van der Waals surface area contributed by atoms with Crippen LogP contribution in [-0.2, 0) is 16.1 Å². The topological polar surface area (TPSA) is 77.9 Å². The van der Waals surface area contributed by atoms with E-state index in [1.807, 2.05) is 0 Å². The van der Waals surface area contributed by atoms with Gasteiger partial charge in [-0.1, -0.05) is 0 Å². The highest BCUT2D eigenvalue weighted by atomic mass is 32.1. The van der Waals surface area contributed by atoms with E-state index in [1.165, 1.54) is 15.9 Å². The summed E-state index contributed by atoms with van der Waals surface area (Å²) in [4.78, 5) is 37.7. The molecule has 0 saturated carbocycles. The first-order chi connectivity index (χ1) is 8.49. The van der Waals surface area contributed by atoms with Gasteiger partial charge in [-0.05, 0) is 12.1 Å². The summed E-state index contributed by atoms with van der Waals surface area (Å²) in [5, 5.41) is 8.80. The van der Waals surface area contributed by atoms with Gasteiger partial charge >= 0.3 is 17.8 Å². The van der Waals surface area contributed by atoms with E-state index in [0.717, 1.165) is 16.2 Å². The van der Waals surface area contributed by atoms with Crippen LogP contribution in [0.3, 0.4) is 0 Å². The molecule has 1 fully saturated rings. The molecular formula is C11H12N2O4S. The number of piperazine rings is 1. The maximum absolute atomic E-state index is 11.7. The number of amides is 2. The Morgan fingerprint density at radius 1 is 1.33 bits per heavy atom. The number of hydrogen-bond acceptors (Lipinski definition) is 4. The number of carboxylic acids is 1. The maximum atomic E-state index is 11.7. The summed E-state index contributed by atoms with van der Waals surface area (Å²) in [7, 11) is 1.59. The summed E-state index contributed by atoms with van der Waals surface area (Å²) in [6, 6.07) is 3.18. The summed E-state index contributed by atoms with van der Waals surface area (Å²) in [6.45, 7) is 1.26. The highest BCUT2D eigenvalue weighted by Crippen LogP contribution is 2.19. The number of rotatable bonds is 3. The lowest BCUT2D eigenvalue weighted by Gasteiger charge is -2.31. The third kappa shape index (κ3) is 2.35. The standard InChI is InChI=1S/C11H12N2O4S/c1-12-4-5-13(10(15)9(12)14)6-7-2-3-8(18-7)11(16)17/h2-3H,4-6H2,1H3,(H,16,17). The third-order valence-corrected chi connectivity index (χ3v) is 3.80. The van der Waals surface area contributed by atoms with Gasteiger partial charge in [0.05, 0.1) is 6.54 Å². The van der Waals surface area contributed by atoms with Crippen LogP contribution in [0.1, 0.15) is 14.5 Å². The van der Waals surface area contributed by atoms with Crippen LogP contribution in [0.15, 0.2) is 12.1 Å². The number of thiophene rings is 1. The van der Waals surface area contributed by atoms with Gasteiger partial charge in [0.25, 0.3) is 0 Å². The van der Waals surface area contributed by atoms with Crippen LogP contribution >= 0.6 is 11.3 Å². The number of carbonyl (C=O) groups excluding carboxylic acids is 2. The highest BCUT2D eigenvalue weighted by Gasteiger charge is 2.30. The van der Waals surface area contributed by atoms with E-state index < -0.39 is 17.8 Å². The van der Waals surface area contributed by atoms with Crippen LogP contribution in [-0.4, -0.2) is 52.8 Å². The second-order valence-electron chi connectivity index (χ2n) is 4.02. The van der Waals surface area contributed by atoms with E-state index in [4.69, 9.17) is 5.11 Å². The van der Waals surface area contributed by atoms with Gasteiger partial charge in [0.2, 0.25) is 0 Å². The van der Waals surface area contributed by atoms with E-state index in [2.05, 4.69) is 0 Å². The minimum Gasteiger partial charge on any atom is -0.477 e. The Balaban J connectivity index is 2.07. The zero-order valence-electron chi connectivity index (χ0n) is 9.75. The van der Waals surface area contributed by atoms with E-state index in [-0.39, 0.29) is 11.4 Å². The summed E-state index contributed by atoms with van der Waals surface area (Å²) >= 11 is 1.12. The van der Waals surface area contributed by atoms with Gasteiger partial charge in [-0.2, -0.15) is 0 Å². The first-order valence-corrected chi connectivity index (χ1v) is 6.17. The summed E-state index contributed by atoms with van der Waals surface area (Å²) in [5.41, 5.74) is 0. The number of carbonyl (C=O) groups is 3. The number of hydrogen-bond donors (Lipinski definition) is 1. The van der Waals surface area contributed by atoms with Gasteiger partial charge in [0.15, 0.2) is 0 Å². The predicted octanol–water partition coefficient (Wildman–Crippen LogP) is 0.247. The van der Waals surface area contributed by atoms with E-state index >= 15 is 0 Å². The van der Waals surface area contributed by atoms with Gasteiger partial charge < -0.3 is 14.9 Å². The molecule has 18 heavy (non-hydrogen) atoms. The zero-order chi connectivity index (χ0) is 13.3. The van der Waals surface area contributed by atoms with Crippen LogP contribution < -0.4 is 0 Å². The van der Waals surface area contributed by atoms with Crippen molar-refractivity contribution in [2.24, 2.45) is 0 Å². The molecule has 1 aromatic heterocycles. The molecule has 1 aliphatic heterocycles. The Morgan fingerprint density at radius 2 is 2.06 bits per heavy atom. The number of aromatic carboxylic acids is 1. The molecule has 6 nitrogen and oxygen atoms in total. The Hall–Kier alpha value is -1.89. The minimum absolute atomic E-state index is 0.234. The van der Waals surface area contributed by atoms with Crippen molar-refractivity contribution in [2.75, 3.05) is 20.1 Å². The molecule has 2 rings (SSSR count). The summed E-state index contributed by atoms with van der Waals surface area (Å²) in [5.74, 6) is -2.03. The summed E-state index contributed by atoms with van der Waals surface area (Å²) < 4.78 is 0. The second-order valence-corrected chi connectivity index (χ2v) is 5.19. The molecule has 2 amide bonds. The Labute approximate surface area is 107 Å². The van der Waals surface area contributed by atoms with Crippen molar-refractivity contribution < 1.29 is 19.5 Å². The van der Waals surface area contributed by atoms with Crippen LogP contribution in [0, 0.1) is 0 Å². The lowest BCUT2D eigenvalue weighted by Crippen LogP contribution is -2.52. The highest BCUT2D eigenvalue weighted by molar-refractivity contribution is 7.13. The van der Waals surface area contributed by atoms with E-state index in [1.54, 1.807) is 13.1 Å². The normalized spacial score (nSPS) is 16.3. The van der Waals surface area contributed by atoms with Crippen molar-refractivity contribution in [3.05, 3.63) is 21.9 Å². The predicted molar refractivity (Wildman–Crippen MR) is 64.3 cm³/mol. The molecule has 1 saturated heterocycles. The second kappa shape index (κ2) is 4.77. The number of nitrogens with zero attached hydrogens (tertiary/aromatic N) is 2. The first-order valence-electron chi connectivity index (χ1n) is 5.35. The average Bonchev–Trinajstić information content (AvgIpc) is 2.79. The maximum Gasteiger partial charge on any atom is 0.345 e. The lowest BCUT2D eigenvalue weighted by molar-refractivity contribution is -0.155. The fourth-order valence-corrected chi connectivity index (χ4v) is 2.55. The Morgan fingerprint density at radius 3 is 2.67 bits per heavy atom. The lowest BCUT2D eigenvalue weighted by atomic mass is 10.3. The fraction of sp³-hybridized carbons (Fsp3) is 0.364. The number of likely N-dealkylation sites (N-methyl/N-ethyl adjacent to an activating group) is 1. The molecule has 0 bridgehead atoms. The van der Waals surface area contributed by atoms with Gasteiger partial charge in [-0.15, -0.1) is 11.3 Å². The fourth-order valence-electron chi connectivity index (χ4n) is 1.69. The molecule has 96 valence electrons. The van der Waals surface area contributed by atoms with Crippen LogP contribution in [0.4, 0.5) is 0 Å². The molecule has 1 N–H and O–H groups in total. The molecule has 0 atom stereocenters. The Kier molecular flexibility index (Phi) is 3.33. The smallest absolute Gasteiger partial charge is 0.345 e. The minimum atomic E-state index is -0.980. The number of carboxylic acid groups (broad SMARTS) is 1. The molecule has 7 heteroatoms. The van der Waals surface area contributed by atoms with Gasteiger partial charge in [-0.3, -0.25) is 9.59 Å². The molecule has 0 aromatic carbocycles. The Bertz CT molecular complexity index is 511. The SMILES string of the molecule is CN1CCN(Cc2ccc(C(=O)O)s2)C(=O)C1=O. The molecule has 0 radical (unpaired) electrons. The van der Waals surface area contributed by atoms with Gasteiger partial charge in [-0.25, -0.2) is 4.79 Å². The third-order valence-electron chi connectivity index (χ3n) is 2.74. The quantitative estimate of drug-likeness (QED) is 0.797. The molecular weight excluding hydrogens is 256 g/mol. The van der Waals surface area contributed by atoms with Crippen LogP contribution in [0.25, 0.3) is 0 Å². The van der Waals surface area contributed by atoms with Crippen molar-refractivity contribution in [3.8, 4) is 0 Å². The van der Waals surface area contributed by atoms with Crippen molar-refractivity contribution in [1.29, 1.82) is 0 Å². The molecule has 0 aliphatic carbocycles. The summed E-state index contributed by atoms with van der Waals surface area (Å²) in [6.07, 6.45) is 0. The molecule has 0 spiro atoms. The van der Waals surface area contributed by atoms with Crippen molar-refractivity contribution in [3.63, 3.8) is 0 Å². The molecule has 1 aromatic rings. The van der Waals surface area contributed by atoms with Crippen molar-refractivity contribution in [1.82, 2.24) is 9.80 Å². The van der Waals surface area contributed by atoms with Crippen molar-refractivity contribution >= 4 is 29.1 Å². The van der Waals surface area contributed by atoms with Crippen LogP contribution in [0.5, 0.6) is 0 Å². The average molecular weight is 268 g/mol. The molecule has 0 unspecified atom stereocenters. The van der Waals surface area contributed by atoms with E-state index in [0.29, 0.717) is 13.1 Å². The van der Waals surface area contributed by atoms with Crippen molar-refractivity contribution in [2.45, 2.75) is 6.54 Å².